The van der Waals surface area contributed by atoms with Gasteiger partial charge < -0.3 is 14.8 Å². The van der Waals surface area contributed by atoms with Crippen LogP contribution in [0.25, 0.3) is 0 Å². The van der Waals surface area contributed by atoms with Crippen LogP contribution in [0, 0.1) is 20.8 Å². The molecule has 0 spiro atoms. The smallest absolute Gasteiger partial charge is 0.227 e. The summed E-state index contributed by atoms with van der Waals surface area (Å²) in [5, 5.41) is 0. The summed E-state index contributed by atoms with van der Waals surface area (Å²) in [5.41, 5.74) is 5.76. The first-order chi connectivity index (χ1) is 12.9. The van der Waals surface area contributed by atoms with Crippen molar-refractivity contribution in [3.8, 4) is 0 Å². The number of hydrogen-bond donors (Lipinski definition) is 1. The summed E-state index contributed by atoms with van der Waals surface area (Å²) in [6.45, 7) is 8.91. The van der Waals surface area contributed by atoms with E-state index < -0.39 is 0 Å². The minimum atomic E-state index is 0.133. The summed E-state index contributed by atoms with van der Waals surface area (Å²) < 4.78 is 0. The molecule has 1 aromatic carbocycles. The van der Waals surface area contributed by atoms with Crippen LogP contribution in [0.5, 0.6) is 0 Å². The summed E-state index contributed by atoms with van der Waals surface area (Å²) in [4.78, 5) is 32.1. The zero-order valence-electron chi connectivity index (χ0n) is 16.5. The van der Waals surface area contributed by atoms with Gasteiger partial charge in [-0.1, -0.05) is 12.1 Å². The van der Waals surface area contributed by atoms with Crippen molar-refractivity contribution in [3.05, 3.63) is 58.4 Å². The highest BCUT2D eigenvalue weighted by atomic mass is 16.2. The third kappa shape index (κ3) is 4.79. The predicted octanol–water partition coefficient (Wildman–Crippen LogP) is 2.79. The van der Waals surface area contributed by atoms with E-state index in [0.29, 0.717) is 25.9 Å². The van der Waals surface area contributed by atoms with Gasteiger partial charge >= 0.3 is 0 Å². The highest BCUT2D eigenvalue weighted by Gasteiger charge is 2.22. The van der Waals surface area contributed by atoms with Crippen molar-refractivity contribution in [1.29, 1.82) is 0 Å². The Balaban J connectivity index is 1.58. The van der Waals surface area contributed by atoms with E-state index in [1.165, 1.54) is 16.7 Å². The van der Waals surface area contributed by atoms with Gasteiger partial charge in [0.15, 0.2) is 0 Å². The van der Waals surface area contributed by atoms with Crippen LogP contribution < -0.4 is 0 Å². The number of rotatable bonds is 4. The topological polar surface area (TPSA) is 56.4 Å². The van der Waals surface area contributed by atoms with Gasteiger partial charge in [-0.3, -0.25) is 9.59 Å². The molecule has 2 amide bonds. The van der Waals surface area contributed by atoms with Gasteiger partial charge in [-0.15, -0.1) is 0 Å². The fourth-order valence-corrected chi connectivity index (χ4v) is 3.66. The number of H-pyrrole nitrogens is 1. The maximum Gasteiger partial charge on any atom is 0.227 e. The molecule has 1 aliphatic heterocycles. The van der Waals surface area contributed by atoms with Crippen molar-refractivity contribution in [2.75, 3.05) is 26.2 Å². The van der Waals surface area contributed by atoms with Crippen LogP contribution in [0.2, 0.25) is 0 Å². The maximum atomic E-state index is 12.8. The molecule has 0 aliphatic carbocycles. The van der Waals surface area contributed by atoms with Gasteiger partial charge in [-0.05, 0) is 61.1 Å². The van der Waals surface area contributed by atoms with Crippen molar-refractivity contribution < 1.29 is 9.59 Å². The average Bonchev–Trinajstić information content (AvgIpc) is 3.00. The number of aryl methyl sites for hydroxylation is 3. The van der Waals surface area contributed by atoms with Crippen LogP contribution in [-0.4, -0.2) is 52.8 Å². The molecule has 2 heterocycles. The third-order valence-electron chi connectivity index (χ3n) is 5.51. The predicted molar refractivity (Wildman–Crippen MR) is 107 cm³/mol. The van der Waals surface area contributed by atoms with E-state index >= 15 is 0 Å². The lowest BCUT2D eigenvalue weighted by Crippen LogP contribution is -2.38. The van der Waals surface area contributed by atoms with Gasteiger partial charge in [0.25, 0.3) is 0 Å². The number of nitrogens with one attached hydrogen (secondary N) is 1. The van der Waals surface area contributed by atoms with E-state index in [0.717, 1.165) is 30.6 Å². The molecule has 3 rings (SSSR count). The Labute approximate surface area is 161 Å². The highest BCUT2D eigenvalue weighted by molar-refractivity contribution is 5.80. The average molecular weight is 367 g/mol. The molecule has 2 aromatic rings. The maximum absolute atomic E-state index is 12.8. The minimum Gasteiger partial charge on any atom is -0.367 e. The summed E-state index contributed by atoms with van der Waals surface area (Å²) in [6, 6.07) is 6.21. The Bertz CT molecular complexity index is 811. The third-order valence-corrected chi connectivity index (χ3v) is 5.51. The van der Waals surface area contributed by atoms with Crippen LogP contribution in [0.1, 0.15) is 34.2 Å². The van der Waals surface area contributed by atoms with Crippen molar-refractivity contribution in [2.24, 2.45) is 0 Å². The van der Waals surface area contributed by atoms with Crippen LogP contribution in [0.4, 0.5) is 0 Å². The second-order valence-corrected chi connectivity index (χ2v) is 7.55. The van der Waals surface area contributed by atoms with E-state index in [9.17, 15) is 9.59 Å². The van der Waals surface area contributed by atoms with E-state index in [4.69, 9.17) is 0 Å². The van der Waals surface area contributed by atoms with Gasteiger partial charge in [0.05, 0.1) is 12.8 Å². The van der Waals surface area contributed by atoms with Crippen LogP contribution in [0.15, 0.2) is 30.6 Å². The number of nitrogens with zero attached hydrogens (tertiary/aromatic N) is 2. The van der Waals surface area contributed by atoms with Gasteiger partial charge in [0, 0.05) is 38.6 Å². The molecule has 1 aromatic heterocycles. The van der Waals surface area contributed by atoms with Crippen LogP contribution >= 0.6 is 0 Å². The lowest BCUT2D eigenvalue weighted by atomic mass is 9.98. The molecule has 0 saturated carbocycles. The largest absolute Gasteiger partial charge is 0.367 e. The molecule has 0 unspecified atom stereocenters. The number of amides is 2. The Morgan fingerprint density at radius 2 is 1.52 bits per heavy atom. The summed E-state index contributed by atoms with van der Waals surface area (Å²) in [5.74, 6) is 0.287. The fraction of sp³-hybridized carbons (Fsp3) is 0.455. The first-order valence-corrected chi connectivity index (χ1v) is 9.68. The van der Waals surface area contributed by atoms with Crippen LogP contribution in [-0.2, 0) is 22.4 Å². The molecular weight excluding hydrogens is 338 g/mol. The van der Waals surface area contributed by atoms with Crippen molar-refractivity contribution in [1.82, 2.24) is 14.8 Å². The molecule has 5 nitrogen and oxygen atoms in total. The van der Waals surface area contributed by atoms with E-state index in [1.54, 1.807) is 0 Å². The van der Waals surface area contributed by atoms with Gasteiger partial charge in [-0.2, -0.15) is 0 Å². The molecule has 0 bridgehead atoms. The van der Waals surface area contributed by atoms with E-state index in [1.807, 2.05) is 28.3 Å². The SMILES string of the molecule is Cc1cc(C)c(CC(=O)N2CCCN(C(=O)Cc3cc[nH]c3)CC2)cc1C. The molecule has 1 fully saturated rings. The number of carbonyl (C=O) groups excluding carboxylic acids is 2. The summed E-state index contributed by atoms with van der Waals surface area (Å²) >= 11 is 0. The van der Waals surface area contributed by atoms with Gasteiger partial charge in [-0.25, -0.2) is 0 Å². The van der Waals surface area contributed by atoms with Gasteiger partial charge in [0.1, 0.15) is 0 Å². The van der Waals surface area contributed by atoms with E-state index in [2.05, 4.69) is 37.9 Å². The first-order valence-electron chi connectivity index (χ1n) is 9.68. The molecule has 0 atom stereocenters. The molecule has 27 heavy (non-hydrogen) atoms. The van der Waals surface area contributed by atoms with E-state index in [-0.39, 0.29) is 11.8 Å². The second-order valence-electron chi connectivity index (χ2n) is 7.55. The normalized spacial score (nSPS) is 14.9. The molecular formula is C22H29N3O2. The minimum absolute atomic E-state index is 0.133. The van der Waals surface area contributed by atoms with Crippen molar-refractivity contribution in [2.45, 2.75) is 40.0 Å². The zero-order valence-corrected chi connectivity index (χ0v) is 16.5. The van der Waals surface area contributed by atoms with Crippen molar-refractivity contribution in [3.63, 3.8) is 0 Å². The number of aromatic nitrogens is 1. The van der Waals surface area contributed by atoms with Crippen LogP contribution in [0.3, 0.4) is 0 Å². The first kappa shape index (κ1) is 19.2. The Hall–Kier alpha value is -2.56. The van der Waals surface area contributed by atoms with Crippen molar-refractivity contribution >= 4 is 11.8 Å². The molecule has 1 saturated heterocycles. The highest BCUT2D eigenvalue weighted by Crippen LogP contribution is 2.17. The fourth-order valence-electron chi connectivity index (χ4n) is 3.66. The monoisotopic (exact) mass is 367 g/mol. The summed E-state index contributed by atoms with van der Waals surface area (Å²) in [7, 11) is 0. The number of benzene rings is 1. The quantitative estimate of drug-likeness (QED) is 0.903. The Morgan fingerprint density at radius 1 is 0.889 bits per heavy atom. The van der Waals surface area contributed by atoms with Gasteiger partial charge in [0.2, 0.25) is 11.8 Å². The Morgan fingerprint density at radius 3 is 2.15 bits per heavy atom. The number of hydrogen-bond acceptors (Lipinski definition) is 2. The summed E-state index contributed by atoms with van der Waals surface area (Å²) in [6.07, 6.45) is 5.37. The number of carbonyl (C=O) groups is 2. The Kier molecular flexibility index (Phi) is 5.99. The second kappa shape index (κ2) is 8.42. The molecule has 0 radical (unpaired) electrons. The lowest BCUT2D eigenvalue weighted by Gasteiger charge is -2.22. The zero-order chi connectivity index (χ0) is 19.4. The standard InChI is InChI=1S/C22H29N3O2/c1-16-11-18(3)20(12-17(16)2)14-22(27)25-8-4-7-24(9-10-25)21(26)13-19-5-6-23-15-19/h5-6,11-12,15,23H,4,7-10,13-14H2,1-3H3. The molecule has 1 N–H and O–H groups in total. The molecule has 5 heteroatoms. The molecule has 1 aliphatic rings. The lowest BCUT2D eigenvalue weighted by molar-refractivity contribution is -0.132. The number of aromatic amines is 1. The molecule has 144 valence electrons.